The van der Waals surface area contributed by atoms with Crippen molar-refractivity contribution in [3.8, 4) is 0 Å². The Bertz CT molecular complexity index is 659. The number of nitrogen functional groups attached to an aromatic ring is 1. The average molecular weight is 322 g/mol. The number of nitrogens with zero attached hydrogens (tertiary/aromatic N) is 3. The molecule has 0 atom stereocenters. The highest BCUT2D eigenvalue weighted by molar-refractivity contribution is 8.01. The number of halogens is 3. The van der Waals surface area contributed by atoms with E-state index in [-0.39, 0.29) is 10.0 Å². The summed E-state index contributed by atoms with van der Waals surface area (Å²) >= 11 is 1.83. The van der Waals surface area contributed by atoms with Gasteiger partial charge in [0.15, 0.2) is 4.34 Å². The minimum absolute atomic E-state index is 0.0409. The Morgan fingerprint density at radius 3 is 2.55 bits per heavy atom. The van der Waals surface area contributed by atoms with Gasteiger partial charge < -0.3 is 5.73 Å². The summed E-state index contributed by atoms with van der Waals surface area (Å²) in [6.07, 6.45) is -4.64. The number of rotatable bonds is 3. The molecule has 0 saturated carbocycles. The molecule has 0 aliphatic carbocycles. The van der Waals surface area contributed by atoms with Crippen LogP contribution in [-0.2, 0) is 6.18 Å². The van der Waals surface area contributed by atoms with E-state index >= 15 is 0 Å². The van der Waals surface area contributed by atoms with E-state index in [1.807, 2.05) is 0 Å². The molecule has 0 bridgehead atoms. The summed E-state index contributed by atoms with van der Waals surface area (Å²) in [7, 11) is 0. The number of nitrogens with two attached hydrogens (primary N) is 1. The van der Waals surface area contributed by atoms with Gasteiger partial charge in [0.25, 0.3) is 5.69 Å². The Morgan fingerprint density at radius 1 is 1.35 bits per heavy atom. The van der Waals surface area contributed by atoms with Gasteiger partial charge in [-0.1, -0.05) is 11.3 Å². The van der Waals surface area contributed by atoms with Crippen LogP contribution >= 0.6 is 23.1 Å². The number of nitro benzene ring substituents is 1. The maximum atomic E-state index is 12.5. The van der Waals surface area contributed by atoms with Crippen molar-refractivity contribution < 1.29 is 18.1 Å². The molecule has 1 aromatic heterocycles. The molecule has 6 nitrogen and oxygen atoms in total. The van der Waals surface area contributed by atoms with Crippen molar-refractivity contribution in [2.75, 3.05) is 5.73 Å². The maximum absolute atomic E-state index is 12.5. The molecule has 11 heteroatoms. The number of aromatic nitrogens is 2. The van der Waals surface area contributed by atoms with Crippen LogP contribution in [0.3, 0.4) is 0 Å². The van der Waals surface area contributed by atoms with Gasteiger partial charge in [0.05, 0.1) is 15.4 Å². The van der Waals surface area contributed by atoms with E-state index in [2.05, 4.69) is 10.2 Å². The maximum Gasteiger partial charge on any atom is 0.416 e. The van der Waals surface area contributed by atoms with E-state index in [1.54, 1.807) is 0 Å². The lowest BCUT2D eigenvalue weighted by Gasteiger charge is -2.07. The lowest BCUT2D eigenvalue weighted by molar-refractivity contribution is -0.388. The molecule has 1 aromatic carbocycles. The van der Waals surface area contributed by atoms with Gasteiger partial charge >= 0.3 is 6.18 Å². The molecule has 0 unspecified atom stereocenters. The minimum Gasteiger partial charge on any atom is -0.374 e. The van der Waals surface area contributed by atoms with E-state index in [4.69, 9.17) is 5.73 Å². The van der Waals surface area contributed by atoms with Crippen molar-refractivity contribution in [1.29, 1.82) is 0 Å². The largest absolute Gasteiger partial charge is 0.416 e. The zero-order valence-corrected chi connectivity index (χ0v) is 11.1. The molecular formula is C9H5F3N4O2S2. The summed E-state index contributed by atoms with van der Waals surface area (Å²) in [6, 6.07) is 2.30. The molecule has 2 rings (SSSR count). The summed E-state index contributed by atoms with van der Waals surface area (Å²) in [4.78, 5) is 10.0. The normalized spacial score (nSPS) is 11.6. The van der Waals surface area contributed by atoms with E-state index < -0.39 is 22.4 Å². The van der Waals surface area contributed by atoms with Crippen LogP contribution < -0.4 is 5.73 Å². The van der Waals surface area contributed by atoms with Crippen molar-refractivity contribution >= 4 is 33.9 Å². The number of nitro groups is 1. The van der Waals surface area contributed by atoms with E-state index in [0.717, 1.165) is 35.2 Å². The predicted molar refractivity (Wildman–Crippen MR) is 66.5 cm³/mol. The van der Waals surface area contributed by atoms with Crippen LogP contribution in [0.5, 0.6) is 0 Å². The molecule has 2 N–H and O–H groups in total. The lowest BCUT2D eigenvalue weighted by Crippen LogP contribution is -2.05. The summed E-state index contributed by atoms with van der Waals surface area (Å²) in [5, 5.41) is 18.2. The first-order valence-corrected chi connectivity index (χ1v) is 6.53. The highest BCUT2D eigenvalue weighted by Crippen LogP contribution is 2.40. The second-order valence-electron chi connectivity index (χ2n) is 3.45. The minimum atomic E-state index is -4.64. The van der Waals surface area contributed by atoms with Gasteiger partial charge in [-0.15, -0.1) is 10.2 Å². The molecule has 0 radical (unpaired) electrons. The van der Waals surface area contributed by atoms with Gasteiger partial charge in [0.1, 0.15) is 0 Å². The van der Waals surface area contributed by atoms with Crippen LogP contribution in [0, 0.1) is 10.1 Å². The average Bonchev–Trinajstić information content (AvgIpc) is 2.73. The van der Waals surface area contributed by atoms with Gasteiger partial charge in [-0.3, -0.25) is 10.1 Å². The molecule has 0 spiro atoms. The van der Waals surface area contributed by atoms with Crippen LogP contribution in [0.15, 0.2) is 27.4 Å². The molecule has 0 amide bonds. The SMILES string of the molecule is Nc1nnc(Sc2ccc(C(F)(F)F)cc2[N+](=O)[O-])s1. The summed E-state index contributed by atoms with van der Waals surface area (Å²) in [5.74, 6) is 0. The Balaban J connectivity index is 2.40. The topological polar surface area (TPSA) is 94.9 Å². The van der Waals surface area contributed by atoms with Gasteiger partial charge in [0.2, 0.25) is 5.13 Å². The Morgan fingerprint density at radius 2 is 2.05 bits per heavy atom. The second kappa shape index (κ2) is 5.25. The molecule has 20 heavy (non-hydrogen) atoms. The van der Waals surface area contributed by atoms with Crippen molar-refractivity contribution in [2.24, 2.45) is 0 Å². The third-order valence-electron chi connectivity index (χ3n) is 2.10. The van der Waals surface area contributed by atoms with Crippen LogP contribution in [0.1, 0.15) is 5.56 Å². The molecular weight excluding hydrogens is 317 g/mol. The highest BCUT2D eigenvalue weighted by atomic mass is 32.2. The number of benzene rings is 1. The van der Waals surface area contributed by atoms with Gasteiger partial charge in [0, 0.05) is 6.07 Å². The van der Waals surface area contributed by atoms with E-state index in [9.17, 15) is 23.3 Å². The van der Waals surface area contributed by atoms with Gasteiger partial charge in [-0.2, -0.15) is 13.2 Å². The zero-order valence-electron chi connectivity index (χ0n) is 9.42. The van der Waals surface area contributed by atoms with Crippen molar-refractivity contribution in [2.45, 2.75) is 15.4 Å². The van der Waals surface area contributed by atoms with Crippen LogP contribution in [-0.4, -0.2) is 15.1 Å². The Hall–Kier alpha value is -1.88. The van der Waals surface area contributed by atoms with Gasteiger partial charge in [-0.05, 0) is 23.9 Å². The Kier molecular flexibility index (Phi) is 3.81. The van der Waals surface area contributed by atoms with E-state index in [1.165, 1.54) is 0 Å². The first-order valence-electron chi connectivity index (χ1n) is 4.90. The number of alkyl halides is 3. The standard InChI is InChI=1S/C9H5F3N4O2S2/c10-9(11,12)4-1-2-6(5(3-4)16(17)18)19-8-15-14-7(13)20-8/h1-3H,(H2,13,14). The fourth-order valence-electron chi connectivity index (χ4n) is 1.28. The van der Waals surface area contributed by atoms with Crippen molar-refractivity contribution in [3.63, 3.8) is 0 Å². The Labute approximate surface area is 118 Å². The molecule has 0 saturated heterocycles. The van der Waals surface area contributed by atoms with Crippen LogP contribution in [0.4, 0.5) is 24.0 Å². The number of anilines is 1. The molecule has 0 fully saturated rings. The van der Waals surface area contributed by atoms with Crippen molar-refractivity contribution in [3.05, 3.63) is 33.9 Å². The van der Waals surface area contributed by atoms with E-state index in [0.29, 0.717) is 10.4 Å². The zero-order chi connectivity index (χ0) is 14.9. The first-order chi connectivity index (χ1) is 9.27. The third-order valence-corrected chi connectivity index (χ3v) is 3.97. The fourth-order valence-corrected chi connectivity index (χ4v) is 2.96. The third kappa shape index (κ3) is 3.17. The first kappa shape index (κ1) is 14.5. The fraction of sp³-hybridized carbons (Fsp3) is 0.111. The molecule has 0 aliphatic rings. The molecule has 0 aliphatic heterocycles. The number of hydrogen-bond acceptors (Lipinski definition) is 7. The summed E-state index contributed by atoms with van der Waals surface area (Å²) in [5.41, 5.74) is 3.64. The van der Waals surface area contributed by atoms with Gasteiger partial charge in [-0.25, -0.2) is 0 Å². The predicted octanol–water partition coefficient (Wildman–Crippen LogP) is 3.20. The van der Waals surface area contributed by atoms with Crippen LogP contribution in [0.2, 0.25) is 0 Å². The smallest absolute Gasteiger partial charge is 0.374 e. The summed E-state index contributed by atoms with van der Waals surface area (Å²) in [6.45, 7) is 0. The van der Waals surface area contributed by atoms with Crippen LogP contribution in [0.25, 0.3) is 0 Å². The van der Waals surface area contributed by atoms with Crippen molar-refractivity contribution in [1.82, 2.24) is 10.2 Å². The second-order valence-corrected chi connectivity index (χ2v) is 5.74. The lowest BCUT2D eigenvalue weighted by atomic mass is 10.2. The molecule has 2 aromatic rings. The quantitative estimate of drug-likeness (QED) is 0.689. The summed E-state index contributed by atoms with van der Waals surface area (Å²) < 4.78 is 37.9. The monoisotopic (exact) mass is 322 g/mol. The molecule has 106 valence electrons. The molecule has 1 heterocycles. The highest BCUT2D eigenvalue weighted by Gasteiger charge is 2.33. The number of hydrogen-bond donors (Lipinski definition) is 1.